The molecule has 2 bridgehead atoms. The van der Waals surface area contributed by atoms with Gasteiger partial charge in [0.2, 0.25) is 5.96 Å². The highest BCUT2D eigenvalue weighted by Crippen LogP contribution is 2.57. The average molecular weight is 668 g/mol. The molecule has 3 unspecified atom stereocenters. The molecule has 0 spiro atoms. The van der Waals surface area contributed by atoms with Crippen LogP contribution in [-0.4, -0.2) is 97.4 Å². The number of thiol groups is 1. The van der Waals surface area contributed by atoms with E-state index in [1.54, 1.807) is 11.7 Å². The van der Waals surface area contributed by atoms with Gasteiger partial charge in [-0.05, 0) is 11.8 Å². The number of rotatable bonds is 2. The first-order valence-corrected chi connectivity index (χ1v) is 17.9. The van der Waals surface area contributed by atoms with Gasteiger partial charge in [0, 0.05) is 6.20 Å². The number of carbonyl (C=O) groups excluding carboxylic acids is 1. The number of alkyl halides is 1. The van der Waals surface area contributed by atoms with Gasteiger partial charge in [-0.3, -0.25) is 39.4 Å². The van der Waals surface area contributed by atoms with Crippen LogP contribution < -0.4 is 5.32 Å². The fraction of sp³-hybridized carbons (Fsp3) is 0.500. The Kier molecular flexibility index (Phi) is 7.96. The number of hydrogen-bond donors (Lipinski definition) is 4. The Labute approximate surface area is 244 Å². The molecule has 2 aromatic heterocycles. The third-order valence-corrected chi connectivity index (χ3v) is 10.1. The minimum absolute atomic E-state index is 0.0326. The fourth-order valence-electron chi connectivity index (χ4n) is 4.26. The normalized spacial score (nSPS) is 36.2. The lowest BCUT2D eigenvalue weighted by Gasteiger charge is -2.30. The van der Waals surface area contributed by atoms with Crippen molar-refractivity contribution in [2.75, 3.05) is 13.2 Å². The molecule has 1 fully saturated rings. The number of ether oxygens (including phenoxy) is 1. The van der Waals surface area contributed by atoms with Crippen LogP contribution in [0.5, 0.6) is 0 Å². The SMILES string of the molecule is N=C1N=C2C(N=CN2[C@@H]2O[C@@H]3COP(O)(=S)OCCn4nc(-c5cncs5)nc4COP(=O)(S)O[C@@H]2[C@H]3F)C(=O)N1. The van der Waals surface area contributed by atoms with Crippen molar-refractivity contribution < 1.29 is 41.5 Å². The van der Waals surface area contributed by atoms with Crippen molar-refractivity contribution in [1.29, 1.82) is 5.41 Å². The highest BCUT2D eigenvalue weighted by Gasteiger charge is 2.54. The van der Waals surface area contributed by atoms with Gasteiger partial charge in [0.25, 0.3) is 5.91 Å². The zero-order chi connectivity index (χ0) is 28.9. The van der Waals surface area contributed by atoms with Crippen molar-refractivity contribution in [3.8, 4) is 10.7 Å². The molecule has 6 heterocycles. The summed E-state index contributed by atoms with van der Waals surface area (Å²) >= 11 is 10.4. The molecule has 1 amide bonds. The molecule has 41 heavy (non-hydrogen) atoms. The maximum Gasteiger partial charge on any atom is 0.387 e. The summed E-state index contributed by atoms with van der Waals surface area (Å²) in [4.78, 5) is 41.1. The van der Waals surface area contributed by atoms with Crippen molar-refractivity contribution in [1.82, 2.24) is 30.0 Å². The molecule has 0 saturated carbocycles. The first kappa shape index (κ1) is 29.1. The molecule has 0 radical (unpaired) electrons. The number of aromatic nitrogens is 4. The van der Waals surface area contributed by atoms with Gasteiger partial charge in [0.1, 0.15) is 18.8 Å². The summed E-state index contributed by atoms with van der Waals surface area (Å²) in [6, 6.07) is -1.12. The van der Waals surface area contributed by atoms with Gasteiger partial charge in [-0.25, -0.2) is 18.6 Å². The Morgan fingerprint density at radius 2 is 2.17 bits per heavy atom. The standard InChI is InChI=1S/C18H20FN9O8P2S3/c19-11-8-4-33-37(30,39)32-2-1-28-10(23-14(26-28)9-3-21-7-41-9)5-34-38(31,40)36-13(11)17(35-8)27-6-22-12-15(27)24-18(20)25-16(12)29/h3,6-8,11-13,17H,1-2,4-5H2,(H,30,39)(H,31,40)(H2,20,25,29)/t8-,11+,12?,13-,17-,37?,38?/m1/s1. The van der Waals surface area contributed by atoms with Gasteiger partial charge >= 0.3 is 13.5 Å². The van der Waals surface area contributed by atoms with E-state index in [4.69, 9.17) is 40.0 Å². The number of guanidine groups is 1. The summed E-state index contributed by atoms with van der Waals surface area (Å²) in [7, 11) is 0. The van der Waals surface area contributed by atoms with E-state index in [0.717, 1.165) is 0 Å². The molecule has 4 aliphatic heterocycles. The second kappa shape index (κ2) is 11.2. The van der Waals surface area contributed by atoms with Crippen LogP contribution in [-0.2, 0) is 57.1 Å². The summed E-state index contributed by atoms with van der Waals surface area (Å²) in [5.74, 6) is -0.607. The zero-order valence-corrected chi connectivity index (χ0v) is 24.7. The van der Waals surface area contributed by atoms with E-state index in [2.05, 4.69) is 42.6 Å². The van der Waals surface area contributed by atoms with Crippen LogP contribution in [0.3, 0.4) is 0 Å². The van der Waals surface area contributed by atoms with Crippen molar-refractivity contribution in [2.45, 2.75) is 43.8 Å². The Bertz CT molecular complexity index is 1530. The second-order valence-corrected chi connectivity index (χ2v) is 15.3. The smallest absolute Gasteiger partial charge is 0.346 e. The number of carbonyl (C=O) groups is 1. The van der Waals surface area contributed by atoms with Gasteiger partial charge in [0.15, 0.2) is 35.9 Å². The minimum Gasteiger partial charge on any atom is -0.346 e. The van der Waals surface area contributed by atoms with Crippen molar-refractivity contribution in [2.24, 2.45) is 9.98 Å². The van der Waals surface area contributed by atoms with E-state index in [1.807, 2.05) is 0 Å². The number of amidine groups is 1. The number of nitrogens with zero attached hydrogens (tertiary/aromatic N) is 7. The highest BCUT2D eigenvalue weighted by atomic mass is 32.7. The third-order valence-electron chi connectivity index (χ3n) is 6.08. The average Bonchev–Trinajstić information content (AvgIpc) is 3.69. The fourth-order valence-corrected chi connectivity index (χ4v) is 7.31. The van der Waals surface area contributed by atoms with E-state index in [0.29, 0.717) is 10.7 Å². The molecule has 0 aromatic carbocycles. The van der Waals surface area contributed by atoms with Gasteiger partial charge in [0.05, 0.1) is 36.5 Å². The van der Waals surface area contributed by atoms with Crippen molar-refractivity contribution in [3.05, 3.63) is 17.5 Å². The molecule has 7 atom stereocenters. The van der Waals surface area contributed by atoms with E-state index in [9.17, 15) is 14.3 Å². The van der Waals surface area contributed by atoms with Crippen LogP contribution in [0.2, 0.25) is 0 Å². The number of hydrogen-bond acceptors (Lipinski definition) is 15. The monoisotopic (exact) mass is 667 g/mol. The van der Waals surface area contributed by atoms with Crippen molar-refractivity contribution >= 4 is 72.9 Å². The molecule has 4 aliphatic rings. The molecule has 23 heteroatoms. The molecule has 17 nitrogen and oxygen atoms in total. The Hall–Kier alpha value is -2.03. The minimum atomic E-state index is -4.31. The lowest BCUT2D eigenvalue weighted by atomic mass is 10.1. The zero-order valence-electron chi connectivity index (χ0n) is 20.4. The summed E-state index contributed by atoms with van der Waals surface area (Å²) in [5.41, 5.74) is 1.60. The maximum atomic E-state index is 15.8. The number of halogens is 1. The van der Waals surface area contributed by atoms with Crippen molar-refractivity contribution in [3.63, 3.8) is 0 Å². The number of aliphatic imine (C=N–C) groups is 2. The summed E-state index contributed by atoms with van der Waals surface area (Å²) < 4.78 is 58.2. The predicted octanol–water partition coefficient (Wildman–Crippen LogP) is 0.843. The van der Waals surface area contributed by atoms with Crippen LogP contribution in [0.1, 0.15) is 5.82 Å². The van der Waals surface area contributed by atoms with Gasteiger partial charge < -0.3 is 18.7 Å². The number of thiazole rings is 1. The van der Waals surface area contributed by atoms with Gasteiger partial charge in [-0.15, -0.1) is 16.4 Å². The molecule has 1 saturated heterocycles. The Balaban J connectivity index is 1.31. The highest BCUT2D eigenvalue weighted by molar-refractivity contribution is 8.44. The van der Waals surface area contributed by atoms with E-state index in [1.165, 1.54) is 27.3 Å². The first-order valence-electron chi connectivity index (χ1n) is 11.7. The number of nitrogens with one attached hydrogen (secondary N) is 2. The van der Waals surface area contributed by atoms with E-state index >= 15 is 4.39 Å². The summed E-state index contributed by atoms with van der Waals surface area (Å²) in [6.45, 7) is -9.25. The van der Waals surface area contributed by atoms with Gasteiger partial charge in [-0.1, -0.05) is 12.2 Å². The largest absolute Gasteiger partial charge is 0.387 e. The lowest BCUT2D eigenvalue weighted by molar-refractivity contribution is -0.119. The van der Waals surface area contributed by atoms with Crippen LogP contribution in [0, 0.1) is 5.41 Å². The number of amides is 1. The van der Waals surface area contributed by atoms with Gasteiger partial charge in [-0.2, -0.15) is 4.99 Å². The molecule has 220 valence electrons. The summed E-state index contributed by atoms with van der Waals surface area (Å²) in [5, 5.41) is 14.4. The van der Waals surface area contributed by atoms with Crippen LogP contribution in [0.25, 0.3) is 10.7 Å². The number of fused-ring (bicyclic) bond motifs is 4. The Morgan fingerprint density at radius 3 is 2.95 bits per heavy atom. The maximum absolute atomic E-state index is 15.8. The topological polar surface area (TPSA) is 208 Å². The first-order chi connectivity index (χ1) is 19.5. The molecule has 6 rings (SSSR count). The molecular weight excluding hydrogens is 647 g/mol. The lowest BCUT2D eigenvalue weighted by Crippen LogP contribution is -2.53. The second-order valence-electron chi connectivity index (χ2n) is 8.74. The quantitative estimate of drug-likeness (QED) is 0.259. The van der Waals surface area contributed by atoms with E-state index < -0.39 is 69.2 Å². The van der Waals surface area contributed by atoms with Crippen LogP contribution >= 0.6 is 37.1 Å². The summed E-state index contributed by atoms with van der Waals surface area (Å²) in [6.07, 6.45) is -3.73. The predicted molar refractivity (Wildman–Crippen MR) is 147 cm³/mol. The third kappa shape index (κ3) is 6.07. The van der Waals surface area contributed by atoms with Crippen LogP contribution in [0.4, 0.5) is 4.39 Å². The Morgan fingerprint density at radius 1 is 1.34 bits per heavy atom. The molecular formula is C18H20FN9O8P2S3. The molecule has 3 N–H and O–H groups in total. The molecule has 0 aliphatic carbocycles. The molecule has 2 aromatic rings. The van der Waals surface area contributed by atoms with E-state index in [-0.39, 0.29) is 24.8 Å². The van der Waals surface area contributed by atoms with Crippen LogP contribution in [0.15, 0.2) is 21.7 Å².